The highest BCUT2D eigenvalue weighted by molar-refractivity contribution is 7.91. The van der Waals surface area contributed by atoms with Crippen LogP contribution in [-0.2, 0) is 24.2 Å². The molecule has 0 spiro atoms. The summed E-state index contributed by atoms with van der Waals surface area (Å²) in [5, 5.41) is 33.8. The first-order valence-electron chi connectivity index (χ1n) is 8.80. The van der Waals surface area contributed by atoms with Crippen LogP contribution in [0.5, 0.6) is 5.88 Å². The first-order chi connectivity index (χ1) is 14.5. The number of nitrogens with zero attached hydrogens (tertiary/aromatic N) is 2. The fraction of sp³-hybridized carbons (Fsp3) is 0.353. The molecule has 1 atom stereocenters. The summed E-state index contributed by atoms with van der Waals surface area (Å²) in [6.07, 6.45) is -1.06. The number of hydrogen-bond acceptors (Lipinski definition) is 9. The Morgan fingerprint density at radius 2 is 1.90 bits per heavy atom. The first-order valence-corrected chi connectivity index (χ1v) is 10.3. The summed E-state index contributed by atoms with van der Waals surface area (Å²) in [6, 6.07) is 4.11. The van der Waals surface area contributed by atoms with Gasteiger partial charge in [-0.3, -0.25) is 14.2 Å². The van der Waals surface area contributed by atoms with E-state index in [-0.39, 0.29) is 29.2 Å². The number of carbonyl (C=O) groups is 3. The molecule has 0 unspecified atom stereocenters. The van der Waals surface area contributed by atoms with Crippen LogP contribution in [0.25, 0.3) is 0 Å². The van der Waals surface area contributed by atoms with E-state index in [0.717, 1.165) is 5.56 Å². The molecule has 2 aromatic rings. The average molecular weight is 457 g/mol. The molecule has 2 rings (SSSR count). The number of rotatable bonds is 11. The average Bonchev–Trinajstić information content (AvgIpc) is 3.06. The highest BCUT2D eigenvalue weighted by atomic mass is 32.2. The third kappa shape index (κ3) is 6.15. The molecule has 31 heavy (non-hydrogen) atoms. The number of sulfone groups is 1. The van der Waals surface area contributed by atoms with Crippen LogP contribution in [0.2, 0.25) is 0 Å². The maximum absolute atomic E-state index is 12.7. The summed E-state index contributed by atoms with van der Waals surface area (Å²) in [5.74, 6) is -4.23. The van der Waals surface area contributed by atoms with Gasteiger partial charge in [-0.15, -0.1) is 0 Å². The number of carbonyl (C=O) groups excluding carboxylic acids is 1. The van der Waals surface area contributed by atoms with E-state index in [0.29, 0.717) is 0 Å². The molecule has 168 valence electrons. The zero-order chi connectivity index (χ0) is 23.2. The predicted octanol–water partition coefficient (Wildman–Crippen LogP) is -0.348. The Morgan fingerprint density at radius 3 is 2.48 bits per heavy atom. The molecule has 0 aliphatic heterocycles. The van der Waals surface area contributed by atoms with E-state index < -0.39 is 51.1 Å². The lowest BCUT2D eigenvalue weighted by atomic mass is 10.2. The van der Waals surface area contributed by atoms with Gasteiger partial charge in [-0.2, -0.15) is 0 Å². The zero-order valence-electron chi connectivity index (χ0n) is 16.2. The Hall–Kier alpha value is -3.68. The van der Waals surface area contributed by atoms with E-state index in [1.54, 1.807) is 19.1 Å². The Morgan fingerprint density at radius 1 is 1.26 bits per heavy atom. The first kappa shape index (κ1) is 23.6. The molecule has 1 amide bonds. The van der Waals surface area contributed by atoms with Crippen molar-refractivity contribution in [2.45, 2.75) is 42.1 Å². The third-order valence-electron chi connectivity index (χ3n) is 3.93. The SMILES string of the molecule is Cc1ccc(S(=O)(=O)c2c(OCCCC(=O)N[C@@H](CC(=O)O)C(=O)O)no[n+]2[O-])cc1. The number of aromatic nitrogens is 2. The number of carboxylic acids is 2. The van der Waals surface area contributed by atoms with Crippen molar-refractivity contribution in [1.29, 1.82) is 0 Å². The summed E-state index contributed by atoms with van der Waals surface area (Å²) in [7, 11) is -4.30. The molecular weight excluding hydrogens is 438 g/mol. The molecule has 0 aliphatic rings. The molecule has 0 saturated heterocycles. The van der Waals surface area contributed by atoms with Gasteiger partial charge in [0.15, 0.2) is 0 Å². The second-order valence-corrected chi connectivity index (χ2v) is 8.23. The van der Waals surface area contributed by atoms with E-state index in [2.05, 4.69) is 15.1 Å². The molecule has 1 aromatic heterocycles. The minimum atomic E-state index is -4.30. The van der Waals surface area contributed by atoms with Crippen LogP contribution in [0.4, 0.5) is 0 Å². The zero-order valence-corrected chi connectivity index (χ0v) is 17.0. The van der Waals surface area contributed by atoms with Gasteiger partial charge in [0, 0.05) is 6.42 Å². The molecule has 1 heterocycles. The Labute approximate surface area is 175 Å². The summed E-state index contributed by atoms with van der Waals surface area (Å²) < 4.78 is 34.9. The number of hydrogen-bond donors (Lipinski definition) is 3. The Balaban J connectivity index is 1.98. The van der Waals surface area contributed by atoms with Gasteiger partial charge in [0.25, 0.3) is 9.84 Å². The lowest BCUT2D eigenvalue weighted by molar-refractivity contribution is -0.832. The van der Waals surface area contributed by atoms with Crippen molar-refractivity contribution >= 4 is 27.7 Å². The lowest BCUT2D eigenvalue weighted by Gasteiger charge is -2.12. The maximum atomic E-state index is 12.7. The minimum absolute atomic E-state index is 0.0129. The van der Waals surface area contributed by atoms with Crippen molar-refractivity contribution in [3.8, 4) is 5.88 Å². The number of aryl methyl sites for hydroxylation is 1. The molecule has 0 saturated carbocycles. The third-order valence-corrected chi connectivity index (χ3v) is 5.66. The van der Waals surface area contributed by atoms with Crippen LogP contribution < -0.4 is 15.0 Å². The molecule has 13 nitrogen and oxygen atoms in total. The van der Waals surface area contributed by atoms with E-state index in [1.165, 1.54) is 12.1 Å². The second kappa shape index (κ2) is 9.88. The van der Waals surface area contributed by atoms with Gasteiger partial charge < -0.3 is 25.5 Å². The number of ether oxygens (including phenoxy) is 1. The molecule has 0 bridgehead atoms. The molecule has 0 fully saturated rings. The maximum Gasteiger partial charge on any atom is 0.414 e. The van der Waals surface area contributed by atoms with Crippen molar-refractivity contribution in [3.05, 3.63) is 35.0 Å². The minimum Gasteiger partial charge on any atom is -0.481 e. The van der Waals surface area contributed by atoms with E-state index in [9.17, 15) is 28.0 Å². The van der Waals surface area contributed by atoms with Crippen molar-refractivity contribution in [2.24, 2.45) is 0 Å². The van der Waals surface area contributed by atoms with Gasteiger partial charge in [0.2, 0.25) is 5.91 Å². The van der Waals surface area contributed by atoms with Gasteiger partial charge in [0.1, 0.15) is 6.04 Å². The summed E-state index contributed by atoms with van der Waals surface area (Å²) in [5.41, 5.74) is 0.808. The summed E-state index contributed by atoms with van der Waals surface area (Å²) >= 11 is 0. The summed E-state index contributed by atoms with van der Waals surface area (Å²) in [4.78, 5) is 32.9. The van der Waals surface area contributed by atoms with Crippen LogP contribution in [0.15, 0.2) is 38.8 Å². The second-order valence-electron chi connectivity index (χ2n) is 6.37. The van der Waals surface area contributed by atoms with Crippen LogP contribution in [0, 0.1) is 12.1 Å². The molecule has 0 aliphatic carbocycles. The van der Waals surface area contributed by atoms with Gasteiger partial charge in [0.05, 0.1) is 23.1 Å². The van der Waals surface area contributed by atoms with Gasteiger partial charge in [-0.1, -0.05) is 17.7 Å². The van der Waals surface area contributed by atoms with Crippen molar-refractivity contribution in [1.82, 2.24) is 10.5 Å². The van der Waals surface area contributed by atoms with E-state index in [4.69, 9.17) is 14.9 Å². The van der Waals surface area contributed by atoms with Crippen molar-refractivity contribution in [2.75, 3.05) is 6.61 Å². The fourth-order valence-electron chi connectivity index (χ4n) is 2.40. The molecular formula is C17H19N3O10S. The molecule has 0 radical (unpaired) electrons. The monoisotopic (exact) mass is 457 g/mol. The van der Waals surface area contributed by atoms with Gasteiger partial charge in [-0.05, 0) is 30.4 Å². The topological polar surface area (TPSA) is 200 Å². The van der Waals surface area contributed by atoms with E-state index in [1.807, 2.05) is 0 Å². The van der Waals surface area contributed by atoms with Crippen LogP contribution in [0.3, 0.4) is 0 Å². The highest BCUT2D eigenvalue weighted by Gasteiger charge is 2.35. The fourth-order valence-corrected chi connectivity index (χ4v) is 3.67. The lowest BCUT2D eigenvalue weighted by Crippen LogP contribution is -2.42. The largest absolute Gasteiger partial charge is 0.481 e. The number of amides is 1. The standard InChI is InChI=1S/C17H19N3O10S/c1-10-4-6-11(7-5-10)31(27,28)16-15(19-30-20(16)26)29-8-2-3-13(21)18-12(17(24)25)9-14(22)23/h4-7,12H,2-3,8-9H2,1H3,(H,18,21)(H,22,23)(H,24,25)/t12-/m0/s1. The predicted molar refractivity (Wildman–Crippen MR) is 98.6 cm³/mol. The number of aliphatic carboxylic acids is 2. The molecule has 1 aromatic carbocycles. The van der Waals surface area contributed by atoms with Gasteiger partial charge >= 0.3 is 22.8 Å². The number of nitrogens with one attached hydrogen (secondary N) is 1. The number of benzene rings is 1. The Kier molecular flexibility index (Phi) is 7.52. The van der Waals surface area contributed by atoms with Crippen molar-refractivity contribution in [3.63, 3.8) is 0 Å². The molecule has 3 N–H and O–H groups in total. The molecule has 14 heteroatoms. The Bertz CT molecular complexity index is 1060. The summed E-state index contributed by atoms with van der Waals surface area (Å²) in [6.45, 7) is 1.50. The van der Waals surface area contributed by atoms with E-state index >= 15 is 0 Å². The highest BCUT2D eigenvalue weighted by Crippen LogP contribution is 2.25. The number of carboxylic acid groups (broad SMARTS) is 2. The smallest absolute Gasteiger partial charge is 0.414 e. The quantitative estimate of drug-likeness (QED) is 0.294. The van der Waals surface area contributed by atoms with Crippen molar-refractivity contribution < 1.29 is 47.3 Å². The van der Waals surface area contributed by atoms with Gasteiger partial charge in [-0.25, -0.2) is 13.2 Å². The normalized spacial score (nSPS) is 12.2. The van der Waals surface area contributed by atoms with Crippen LogP contribution in [-0.4, -0.2) is 54.3 Å². The van der Waals surface area contributed by atoms with Crippen LogP contribution >= 0.6 is 0 Å². The van der Waals surface area contributed by atoms with Crippen LogP contribution in [0.1, 0.15) is 24.8 Å².